The number of hydrogen-bond donors (Lipinski definition) is 1. The summed E-state index contributed by atoms with van der Waals surface area (Å²) < 4.78 is 27.5. The van der Waals surface area contributed by atoms with Crippen LogP contribution in [0.2, 0.25) is 0 Å². The highest BCUT2D eigenvalue weighted by Crippen LogP contribution is 2.30. The predicted octanol–water partition coefficient (Wildman–Crippen LogP) is 2.75. The average Bonchev–Trinajstić information content (AvgIpc) is 3.62. The molecule has 2 aliphatic heterocycles. The van der Waals surface area contributed by atoms with Gasteiger partial charge in [-0.25, -0.2) is 9.07 Å². The zero-order valence-corrected chi connectivity index (χ0v) is 21.2. The number of aromatic amines is 1. The second kappa shape index (κ2) is 10.5. The fourth-order valence-corrected chi connectivity index (χ4v) is 5.48. The minimum Gasteiger partial charge on any atom is -0.497 e. The van der Waals surface area contributed by atoms with Crippen LogP contribution in [0.4, 0.5) is 10.1 Å². The van der Waals surface area contributed by atoms with Crippen molar-refractivity contribution in [2.75, 3.05) is 44.8 Å². The highest BCUT2D eigenvalue weighted by molar-refractivity contribution is 5.80. The largest absolute Gasteiger partial charge is 0.497 e. The second-order valence-electron chi connectivity index (χ2n) is 9.74. The number of ether oxygens (including phenoxy) is 2. The number of piperazine rings is 1. The number of methoxy groups -OCH3 is 1. The molecule has 2 aliphatic rings. The summed E-state index contributed by atoms with van der Waals surface area (Å²) in [7, 11) is 1.62. The molecule has 6 rings (SSSR count). The summed E-state index contributed by atoms with van der Waals surface area (Å²) in [6, 6.07) is 13.8. The average molecular weight is 520 g/mol. The first-order valence-electron chi connectivity index (χ1n) is 12.9. The van der Waals surface area contributed by atoms with Gasteiger partial charge in [-0.05, 0) is 59.7 Å². The molecule has 0 bridgehead atoms. The smallest absolute Gasteiger partial charge is 0.253 e. The number of H-pyrrole nitrogens is 1. The summed E-state index contributed by atoms with van der Waals surface area (Å²) >= 11 is 0. The van der Waals surface area contributed by atoms with Crippen LogP contribution in [0.1, 0.15) is 30.3 Å². The van der Waals surface area contributed by atoms with Crippen molar-refractivity contribution in [2.24, 2.45) is 0 Å². The van der Waals surface area contributed by atoms with Crippen LogP contribution in [0.15, 0.2) is 53.3 Å². The van der Waals surface area contributed by atoms with E-state index >= 15 is 0 Å². The van der Waals surface area contributed by atoms with E-state index in [0.717, 1.165) is 30.4 Å². The number of tetrazole rings is 1. The first-order chi connectivity index (χ1) is 18.6. The van der Waals surface area contributed by atoms with E-state index in [1.165, 1.54) is 6.07 Å². The van der Waals surface area contributed by atoms with Crippen molar-refractivity contribution in [3.8, 4) is 5.75 Å². The number of halogens is 1. The van der Waals surface area contributed by atoms with Gasteiger partial charge in [0.1, 0.15) is 17.6 Å². The Labute approximate surface area is 219 Å². The number of fused-ring (bicyclic) bond motifs is 1. The van der Waals surface area contributed by atoms with Crippen LogP contribution < -0.4 is 15.2 Å². The maximum Gasteiger partial charge on any atom is 0.253 e. The maximum absolute atomic E-state index is 14.5. The molecular formula is C27H30FN7O3. The SMILES string of the molecule is COc1ccc2[nH]c(=O)c([C@H](c3nnnn3C[C@@H]3CCCO3)N3CCN(c4ccccc4F)CC3)cc2c1. The van der Waals surface area contributed by atoms with Gasteiger partial charge in [-0.15, -0.1) is 5.10 Å². The van der Waals surface area contributed by atoms with Crippen LogP contribution in [0, 0.1) is 5.82 Å². The van der Waals surface area contributed by atoms with Crippen LogP contribution in [0.3, 0.4) is 0 Å². The number of hydrogen-bond acceptors (Lipinski definition) is 8. The molecule has 1 N–H and O–H groups in total. The number of nitrogens with zero attached hydrogens (tertiary/aromatic N) is 6. The quantitative estimate of drug-likeness (QED) is 0.398. The Morgan fingerprint density at radius 2 is 2.00 bits per heavy atom. The van der Waals surface area contributed by atoms with E-state index in [0.29, 0.717) is 55.5 Å². The van der Waals surface area contributed by atoms with Crippen molar-refractivity contribution in [1.29, 1.82) is 0 Å². The number of rotatable bonds is 7. The van der Waals surface area contributed by atoms with Crippen LogP contribution in [0.25, 0.3) is 10.9 Å². The van der Waals surface area contributed by atoms with Crippen LogP contribution >= 0.6 is 0 Å². The summed E-state index contributed by atoms with van der Waals surface area (Å²) in [6.45, 7) is 3.65. The Bertz CT molecular complexity index is 1480. The standard InChI is InChI=1S/C27H30FN7O3/c1-37-19-8-9-23-18(15-19)16-21(27(36)29-23)25(26-30-31-32-35(26)17-20-5-4-14-38-20)34-12-10-33(11-13-34)24-7-3-2-6-22(24)28/h2-3,6-9,15-16,20,25H,4-5,10-14,17H2,1H3,(H,29,36)/t20-,25+/m0/s1. The van der Waals surface area contributed by atoms with E-state index in [1.807, 2.05) is 35.2 Å². The zero-order valence-electron chi connectivity index (χ0n) is 21.2. The monoisotopic (exact) mass is 519 g/mol. The van der Waals surface area contributed by atoms with Gasteiger partial charge < -0.3 is 19.4 Å². The summed E-state index contributed by atoms with van der Waals surface area (Å²) in [6.07, 6.45) is 1.99. The maximum atomic E-state index is 14.5. The zero-order chi connectivity index (χ0) is 26.1. The van der Waals surface area contributed by atoms with E-state index in [9.17, 15) is 9.18 Å². The molecule has 4 heterocycles. The van der Waals surface area contributed by atoms with E-state index in [-0.39, 0.29) is 17.5 Å². The first-order valence-corrected chi connectivity index (χ1v) is 12.9. The summed E-state index contributed by atoms with van der Waals surface area (Å²) in [5, 5.41) is 13.5. The highest BCUT2D eigenvalue weighted by atomic mass is 19.1. The highest BCUT2D eigenvalue weighted by Gasteiger charge is 2.34. The molecule has 2 fully saturated rings. The van der Waals surface area contributed by atoms with Gasteiger partial charge in [0.15, 0.2) is 5.82 Å². The Balaban J connectivity index is 1.38. The molecule has 2 saturated heterocycles. The Morgan fingerprint density at radius 1 is 1.16 bits per heavy atom. The van der Waals surface area contributed by atoms with Gasteiger partial charge in [-0.2, -0.15) is 0 Å². The third-order valence-electron chi connectivity index (χ3n) is 7.45. The lowest BCUT2D eigenvalue weighted by atomic mass is 10.0. The number of para-hydroxylation sites is 1. The lowest BCUT2D eigenvalue weighted by molar-refractivity contribution is 0.0906. The van der Waals surface area contributed by atoms with Gasteiger partial charge in [0.2, 0.25) is 0 Å². The molecule has 4 aromatic rings. The molecule has 0 unspecified atom stereocenters. The molecule has 2 aromatic carbocycles. The fraction of sp³-hybridized carbons (Fsp3) is 0.407. The van der Waals surface area contributed by atoms with E-state index in [2.05, 4.69) is 25.4 Å². The fourth-order valence-electron chi connectivity index (χ4n) is 5.48. The summed E-state index contributed by atoms with van der Waals surface area (Å²) in [5.41, 5.74) is 1.66. The number of aromatic nitrogens is 5. The number of benzene rings is 2. The molecule has 198 valence electrons. The van der Waals surface area contributed by atoms with Gasteiger partial charge in [-0.3, -0.25) is 9.69 Å². The van der Waals surface area contributed by atoms with Gasteiger partial charge in [0, 0.05) is 49.3 Å². The molecule has 2 atom stereocenters. The third kappa shape index (κ3) is 4.74. The van der Waals surface area contributed by atoms with Crippen molar-refractivity contribution in [1.82, 2.24) is 30.1 Å². The molecule has 0 aliphatic carbocycles. The second-order valence-corrected chi connectivity index (χ2v) is 9.74. The molecule has 0 amide bonds. The van der Waals surface area contributed by atoms with Crippen molar-refractivity contribution < 1.29 is 13.9 Å². The van der Waals surface area contributed by atoms with Crippen molar-refractivity contribution >= 4 is 16.6 Å². The number of pyridine rings is 1. The van der Waals surface area contributed by atoms with Crippen LogP contribution in [0.5, 0.6) is 5.75 Å². The lowest BCUT2D eigenvalue weighted by Crippen LogP contribution is -2.49. The van der Waals surface area contributed by atoms with Crippen molar-refractivity contribution in [2.45, 2.75) is 31.5 Å². The molecule has 0 spiro atoms. The normalized spacial score (nSPS) is 19.2. The minimum atomic E-state index is -0.492. The molecular weight excluding hydrogens is 489 g/mol. The Hall–Kier alpha value is -3.83. The molecule has 2 aromatic heterocycles. The molecule has 10 nitrogen and oxygen atoms in total. The van der Waals surface area contributed by atoms with Crippen molar-refractivity contribution in [3.63, 3.8) is 0 Å². The molecule has 11 heteroatoms. The van der Waals surface area contributed by atoms with Crippen LogP contribution in [-0.2, 0) is 11.3 Å². The summed E-state index contributed by atoms with van der Waals surface area (Å²) in [4.78, 5) is 20.7. The topological polar surface area (TPSA) is 101 Å². The van der Waals surface area contributed by atoms with E-state index < -0.39 is 6.04 Å². The van der Waals surface area contributed by atoms with Gasteiger partial charge in [0.05, 0.1) is 25.4 Å². The first kappa shape index (κ1) is 24.5. The Kier molecular flexibility index (Phi) is 6.77. The van der Waals surface area contributed by atoms with Gasteiger partial charge >= 0.3 is 0 Å². The van der Waals surface area contributed by atoms with E-state index in [1.54, 1.807) is 23.9 Å². The van der Waals surface area contributed by atoms with Gasteiger partial charge in [-0.1, -0.05) is 12.1 Å². The van der Waals surface area contributed by atoms with Gasteiger partial charge in [0.25, 0.3) is 5.56 Å². The molecule has 38 heavy (non-hydrogen) atoms. The van der Waals surface area contributed by atoms with Crippen LogP contribution in [-0.4, -0.2) is 76.1 Å². The Morgan fingerprint density at radius 3 is 2.76 bits per heavy atom. The van der Waals surface area contributed by atoms with Crippen molar-refractivity contribution in [3.05, 3.63) is 76.1 Å². The molecule has 0 radical (unpaired) electrons. The third-order valence-corrected chi connectivity index (χ3v) is 7.45. The number of anilines is 1. The number of nitrogens with one attached hydrogen (secondary N) is 1. The summed E-state index contributed by atoms with van der Waals surface area (Å²) in [5.74, 6) is 1.05. The minimum absolute atomic E-state index is 0.0370. The predicted molar refractivity (Wildman–Crippen MR) is 140 cm³/mol. The lowest BCUT2D eigenvalue weighted by Gasteiger charge is -2.39. The van der Waals surface area contributed by atoms with E-state index in [4.69, 9.17) is 9.47 Å². The molecule has 0 saturated carbocycles.